The number of hydrogen-bond donors (Lipinski definition) is 0. The molecule has 0 aliphatic rings. The lowest BCUT2D eigenvalue weighted by molar-refractivity contribution is 0.0959. The largest absolute Gasteiger partial charge is 0.294 e. The minimum Gasteiger partial charge on any atom is -0.294 e. The summed E-state index contributed by atoms with van der Waals surface area (Å²) in [7, 11) is 0. The van der Waals surface area contributed by atoms with Crippen molar-refractivity contribution < 1.29 is 9.18 Å². The molecule has 0 aliphatic heterocycles. The second-order valence-corrected chi connectivity index (χ2v) is 4.74. The van der Waals surface area contributed by atoms with Crippen LogP contribution in [0.5, 0.6) is 0 Å². The number of para-hydroxylation sites is 1. The van der Waals surface area contributed by atoms with Gasteiger partial charge in [0.15, 0.2) is 5.78 Å². The molecule has 0 saturated carbocycles. The van der Waals surface area contributed by atoms with Gasteiger partial charge in [-0.05, 0) is 18.1 Å². The van der Waals surface area contributed by atoms with Gasteiger partial charge in [-0.2, -0.15) is 9.49 Å². The molecule has 3 nitrogen and oxygen atoms in total. The van der Waals surface area contributed by atoms with E-state index in [1.165, 1.54) is 6.20 Å². The zero-order valence-corrected chi connectivity index (χ0v) is 11.1. The van der Waals surface area contributed by atoms with Crippen LogP contribution in [0.4, 0.5) is 4.39 Å². The van der Waals surface area contributed by atoms with Gasteiger partial charge in [-0.25, -0.2) is 4.68 Å². The van der Waals surface area contributed by atoms with E-state index in [0.717, 1.165) is 11.1 Å². The summed E-state index contributed by atoms with van der Waals surface area (Å²) < 4.78 is 15.4. The van der Waals surface area contributed by atoms with Crippen LogP contribution in [0.2, 0.25) is 0 Å². The van der Waals surface area contributed by atoms with Gasteiger partial charge in [0.05, 0.1) is 17.4 Å². The quantitative estimate of drug-likeness (QED) is 0.769. The minimum atomic E-state index is -0.584. The molecule has 1 aromatic carbocycles. The highest BCUT2D eigenvalue weighted by molar-refractivity contribution is 5.96. The van der Waals surface area contributed by atoms with Crippen LogP contribution in [0.25, 0.3) is 5.69 Å². The van der Waals surface area contributed by atoms with Crippen LogP contribution in [0, 0.1) is 11.9 Å². The number of halogens is 1. The normalized spacial score (nSPS) is 12.4. The highest BCUT2D eigenvalue weighted by Crippen LogP contribution is 2.17. The third-order valence-corrected chi connectivity index (χ3v) is 3.24. The van der Waals surface area contributed by atoms with Gasteiger partial charge in [0.1, 0.15) is 0 Å². The Bertz CT molecular complexity index is 563. The van der Waals surface area contributed by atoms with Crippen LogP contribution in [-0.4, -0.2) is 15.6 Å². The predicted molar refractivity (Wildman–Crippen MR) is 71.9 cm³/mol. The van der Waals surface area contributed by atoms with Gasteiger partial charge >= 0.3 is 0 Å². The maximum Gasteiger partial charge on any atom is 0.227 e. The first kappa shape index (κ1) is 13.5. The first-order valence-electron chi connectivity index (χ1n) is 6.45. The molecule has 1 aromatic heterocycles. The van der Waals surface area contributed by atoms with Gasteiger partial charge in [0.25, 0.3) is 0 Å². The fraction of sp³-hybridized carbons (Fsp3) is 0.333. The second-order valence-electron chi connectivity index (χ2n) is 4.74. The summed E-state index contributed by atoms with van der Waals surface area (Å²) >= 11 is 0. The van der Waals surface area contributed by atoms with Crippen molar-refractivity contribution in [3.63, 3.8) is 0 Å². The maximum absolute atomic E-state index is 14.2. The van der Waals surface area contributed by atoms with Gasteiger partial charge in [0.2, 0.25) is 5.95 Å². The molecule has 0 amide bonds. The molecule has 2 rings (SSSR count). The number of carbonyl (C=O) groups excluding carboxylic acids is 1. The van der Waals surface area contributed by atoms with Crippen molar-refractivity contribution in [2.45, 2.75) is 26.7 Å². The van der Waals surface area contributed by atoms with E-state index >= 15 is 0 Å². The molecule has 1 unspecified atom stereocenters. The molecule has 0 radical (unpaired) electrons. The Balaban J connectivity index is 2.26. The Morgan fingerprint density at radius 3 is 2.68 bits per heavy atom. The van der Waals surface area contributed by atoms with E-state index in [0.29, 0.717) is 12.1 Å². The summed E-state index contributed by atoms with van der Waals surface area (Å²) in [5, 5.41) is 3.96. The fourth-order valence-electron chi connectivity index (χ4n) is 1.84. The number of benzene rings is 1. The van der Waals surface area contributed by atoms with E-state index in [9.17, 15) is 9.18 Å². The van der Waals surface area contributed by atoms with Crippen LogP contribution in [-0.2, 0) is 0 Å². The fourth-order valence-corrected chi connectivity index (χ4v) is 1.84. The summed E-state index contributed by atoms with van der Waals surface area (Å²) in [6.45, 7) is 4.00. The van der Waals surface area contributed by atoms with Crippen LogP contribution in [0.1, 0.15) is 37.0 Å². The summed E-state index contributed by atoms with van der Waals surface area (Å²) in [4.78, 5) is 12.0. The van der Waals surface area contributed by atoms with Crippen LogP contribution in [0.15, 0.2) is 36.5 Å². The molecule has 1 heterocycles. The zero-order valence-electron chi connectivity index (χ0n) is 11.1. The average Bonchev–Trinajstić information content (AvgIpc) is 2.81. The molecule has 0 N–H and O–H groups in total. The Labute approximate surface area is 112 Å². The molecule has 100 valence electrons. The predicted octanol–water partition coefficient (Wildman–Crippen LogP) is 3.63. The average molecular weight is 260 g/mol. The number of hydrogen-bond acceptors (Lipinski definition) is 2. The smallest absolute Gasteiger partial charge is 0.227 e. The van der Waals surface area contributed by atoms with E-state index in [1.807, 2.05) is 19.9 Å². The molecule has 1 atom stereocenters. The summed E-state index contributed by atoms with van der Waals surface area (Å²) in [6.07, 6.45) is 2.57. The summed E-state index contributed by atoms with van der Waals surface area (Å²) in [6, 6.07) is 8.95. The van der Waals surface area contributed by atoms with E-state index in [1.54, 1.807) is 24.3 Å². The number of ketones is 1. The van der Waals surface area contributed by atoms with Crippen molar-refractivity contribution in [1.82, 2.24) is 9.78 Å². The standard InChI is InChI=1S/C15H17FN2O/c1-3-11(2)9-14(19)13-10-17-18(15(13)16)12-7-5-4-6-8-12/h4-8,10-11H,3,9H2,1-2H3. The number of Topliss-reactive ketones (excluding diaryl/α,β-unsaturated/α-hetero) is 1. The molecule has 4 heteroatoms. The van der Waals surface area contributed by atoms with Gasteiger partial charge in [-0.15, -0.1) is 0 Å². The van der Waals surface area contributed by atoms with Crippen molar-refractivity contribution in [2.75, 3.05) is 0 Å². The Hall–Kier alpha value is -1.97. The van der Waals surface area contributed by atoms with Crippen molar-refractivity contribution in [3.8, 4) is 5.69 Å². The Kier molecular flexibility index (Phi) is 4.10. The van der Waals surface area contributed by atoms with Crippen molar-refractivity contribution >= 4 is 5.78 Å². The van der Waals surface area contributed by atoms with E-state index in [-0.39, 0.29) is 17.3 Å². The molecular formula is C15H17FN2O. The maximum atomic E-state index is 14.2. The first-order valence-corrected chi connectivity index (χ1v) is 6.45. The van der Waals surface area contributed by atoms with E-state index in [4.69, 9.17) is 0 Å². The highest BCUT2D eigenvalue weighted by Gasteiger charge is 2.19. The van der Waals surface area contributed by atoms with Crippen LogP contribution in [0.3, 0.4) is 0 Å². The molecule has 0 spiro atoms. The van der Waals surface area contributed by atoms with Crippen molar-refractivity contribution in [3.05, 3.63) is 48.0 Å². The third kappa shape index (κ3) is 2.89. The second kappa shape index (κ2) is 5.78. The lowest BCUT2D eigenvalue weighted by Gasteiger charge is -2.06. The van der Waals surface area contributed by atoms with E-state index < -0.39 is 5.95 Å². The number of nitrogens with zero attached hydrogens (tertiary/aromatic N) is 2. The lowest BCUT2D eigenvalue weighted by Crippen LogP contribution is -2.08. The third-order valence-electron chi connectivity index (χ3n) is 3.24. The van der Waals surface area contributed by atoms with Crippen LogP contribution >= 0.6 is 0 Å². The molecule has 0 aliphatic carbocycles. The Morgan fingerprint density at radius 2 is 2.05 bits per heavy atom. The summed E-state index contributed by atoms with van der Waals surface area (Å²) in [5.41, 5.74) is 0.687. The number of aromatic nitrogens is 2. The van der Waals surface area contributed by atoms with Gasteiger partial charge in [-0.3, -0.25) is 4.79 Å². The van der Waals surface area contributed by atoms with Crippen molar-refractivity contribution in [1.29, 1.82) is 0 Å². The Morgan fingerprint density at radius 1 is 1.37 bits per heavy atom. The monoisotopic (exact) mass is 260 g/mol. The molecule has 2 aromatic rings. The number of carbonyl (C=O) groups is 1. The van der Waals surface area contributed by atoms with Crippen molar-refractivity contribution in [2.24, 2.45) is 5.92 Å². The van der Waals surface area contributed by atoms with Gasteiger partial charge in [-0.1, -0.05) is 38.5 Å². The molecule has 0 saturated heterocycles. The van der Waals surface area contributed by atoms with Gasteiger partial charge in [0, 0.05) is 6.42 Å². The minimum absolute atomic E-state index is 0.0733. The molecule has 0 fully saturated rings. The zero-order chi connectivity index (χ0) is 13.8. The SMILES string of the molecule is CCC(C)CC(=O)c1cnn(-c2ccccc2)c1F. The lowest BCUT2D eigenvalue weighted by atomic mass is 9.99. The molecule has 0 bridgehead atoms. The van der Waals surface area contributed by atoms with Gasteiger partial charge < -0.3 is 0 Å². The van der Waals surface area contributed by atoms with Crippen LogP contribution < -0.4 is 0 Å². The molecular weight excluding hydrogens is 243 g/mol. The first-order chi connectivity index (χ1) is 9.13. The summed E-state index contributed by atoms with van der Waals surface area (Å²) in [5.74, 6) is -0.513. The topological polar surface area (TPSA) is 34.9 Å². The van der Waals surface area contributed by atoms with E-state index in [2.05, 4.69) is 5.10 Å². The number of rotatable bonds is 5. The molecule has 19 heavy (non-hydrogen) atoms. The highest BCUT2D eigenvalue weighted by atomic mass is 19.1.